The van der Waals surface area contributed by atoms with Crippen LogP contribution < -0.4 is 11.1 Å². The van der Waals surface area contributed by atoms with E-state index in [4.69, 9.17) is 15.6 Å². The van der Waals surface area contributed by atoms with Gasteiger partial charge in [0, 0.05) is 29.5 Å². The third-order valence-electron chi connectivity index (χ3n) is 4.10. The number of fused-ring (bicyclic) bond motifs is 1. The van der Waals surface area contributed by atoms with Gasteiger partial charge < -0.3 is 16.2 Å². The summed E-state index contributed by atoms with van der Waals surface area (Å²) in [6, 6.07) is 10.2. The second-order valence-electron chi connectivity index (χ2n) is 7.72. The van der Waals surface area contributed by atoms with Crippen LogP contribution >= 0.6 is 0 Å². The van der Waals surface area contributed by atoms with Crippen molar-refractivity contribution in [2.24, 2.45) is 5.73 Å². The number of rotatable bonds is 3. The van der Waals surface area contributed by atoms with Crippen molar-refractivity contribution in [1.29, 1.82) is 0 Å². The first-order valence-electron chi connectivity index (χ1n) is 9.06. The van der Waals surface area contributed by atoms with E-state index in [1.54, 1.807) is 6.20 Å². The normalized spacial score (nSPS) is 12.8. The molecule has 2 aromatic heterocycles. The molecule has 0 amide bonds. The Kier molecular flexibility index (Phi) is 6.71. The highest BCUT2D eigenvalue weighted by Gasteiger charge is 2.38. The molecule has 1 aromatic carbocycles. The monoisotopic (exact) mass is 423 g/mol. The van der Waals surface area contributed by atoms with Crippen LogP contribution in [0, 0.1) is 0 Å². The van der Waals surface area contributed by atoms with Crippen molar-refractivity contribution in [2.75, 3.05) is 5.32 Å². The van der Waals surface area contributed by atoms with Gasteiger partial charge in [0.2, 0.25) is 0 Å². The zero-order valence-electron chi connectivity index (χ0n) is 17.0. The van der Waals surface area contributed by atoms with Gasteiger partial charge in [0.25, 0.3) is 0 Å². The minimum Gasteiger partial charge on any atom is -0.475 e. The van der Waals surface area contributed by atoms with Gasteiger partial charge in [0.15, 0.2) is 5.82 Å². The number of hydrogen-bond donors (Lipinski definition) is 3. The van der Waals surface area contributed by atoms with Crippen LogP contribution in [0.15, 0.2) is 42.7 Å². The number of aromatic nitrogens is 3. The predicted octanol–water partition coefficient (Wildman–Crippen LogP) is 4.42. The number of halogens is 3. The van der Waals surface area contributed by atoms with Crippen molar-refractivity contribution in [2.45, 2.75) is 45.3 Å². The summed E-state index contributed by atoms with van der Waals surface area (Å²) in [6.07, 6.45) is -1.46. The van der Waals surface area contributed by atoms with Crippen molar-refractivity contribution in [3.8, 4) is 0 Å². The topological polar surface area (TPSA) is 106 Å². The standard InChI is InChI=1S/C18H23N5.C2HF3O2/c1-12(19)13-5-7-14(8-6-13)21-17-15-11-16(18(2,3)4)22-23(15)10-9-20-17;3-2(4,5)1(6)7/h5-12H,19H2,1-4H3,(H,20,21);(H,6,7). The number of carboxylic acid groups (broad SMARTS) is 1. The molecule has 3 rings (SSSR count). The Bertz CT molecular complexity index is 1010. The molecule has 30 heavy (non-hydrogen) atoms. The Balaban J connectivity index is 0.000000396. The van der Waals surface area contributed by atoms with E-state index in [0.717, 1.165) is 28.3 Å². The summed E-state index contributed by atoms with van der Waals surface area (Å²) in [5.41, 5.74) is 9.99. The number of nitrogens with one attached hydrogen (secondary N) is 1. The summed E-state index contributed by atoms with van der Waals surface area (Å²) < 4.78 is 33.6. The molecule has 0 aliphatic rings. The molecule has 1 atom stereocenters. The lowest BCUT2D eigenvalue weighted by Gasteiger charge is -2.13. The van der Waals surface area contributed by atoms with Crippen LogP contribution in [0.1, 0.15) is 45.0 Å². The van der Waals surface area contributed by atoms with E-state index in [2.05, 4.69) is 42.2 Å². The molecular weight excluding hydrogens is 399 g/mol. The highest BCUT2D eigenvalue weighted by molar-refractivity contribution is 5.74. The molecule has 0 aliphatic carbocycles. The summed E-state index contributed by atoms with van der Waals surface area (Å²) in [6.45, 7) is 8.44. The molecule has 4 N–H and O–H groups in total. The summed E-state index contributed by atoms with van der Waals surface area (Å²) in [4.78, 5) is 13.4. The van der Waals surface area contributed by atoms with Gasteiger partial charge in [0.05, 0.1) is 5.69 Å². The molecular formula is C20H24F3N5O2. The first-order valence-corrected chi connectivity index (χ1v) is 9.06. The number of benzene rings is 1. The lowest BCUT2D eigenvalue weighted by molar-refractivity contribution is -0.192. The zero-order valence-corrected chi connectivity index (χ0v) is 17.0. The van der Waals surface area contributed by atoms with Crippen LogP contribution in [-0.4, -0.2) is 31.9 Å². The Labute approximate surface area is 171 Å². The van der Waals surface area contributed by atoms with Crippen LogP contribution in [0.4, 0.5) is 24.7 Å². The van der Waals surface area contributed by atoms with Gasteiger partial charge >= 0.3 is 12.1 Å². The van der Waals surface area contributed by atoms with Crippen LogP contribution in [0.25, 0.3) is 5.52 Å². The van der Waals surface area contributed by atoms with Crippen LogP contribution in [0.5, 0.6) is 0 Å². The molecule has 1 unspecified atom stereocenters. The van der Waals surface area contributed by atoms with Crippen molar-refractivity contribution in [3.05, 3.63) is 54.0 Å². The van der Waals surface area contributed by atoms with Crippen molar-refractivity contribution in [3.63, 3.8) is 0 Å². The molecule has 0 fully saturated rings. The fraction of sp³-hybridized carbons (Fsp3) is 0.350. The average molecular weight is 423 g/mol. The number of carboxylic acids is 1. The number of carbonyl (C=O) groups is 1. The summed E-state index contributed by atoms with van der Waals surface area (Å²) >= 11 is 0. The molecule has 10 heteroatoms. The quantitative estimate of drug-likeness (QED) is 0.576. The van der Waals surface area contributed by atoms with Gasteiger partial charge in [-0.05, 0) is 30.7 Å². The molecule has 3 aromatic rings. The van der Waals surface area contributed by atoms with E-state index in [1.165, 1.54) is 0 Å². The summed E-state index contributed by atoms with van der Waals surface area (Å²) in [7, 11) is 0. The Morgan fingerprint density at radius 1 is 1.20 bits per heavy atom. The molecule has 0 bridgehead atoms. The maximum atomic E-state index is 10.6. The second-order valence-corrected chi connectivity index (χ2v) is 7.72. The molecule has 162 valence electrons. The van der Waals surface area contributed by atoms with Gasteiger partial charge in [0.1, 0.15) is 5.52 Å². The maximum Gasteiger partial charge on any atom is 0.490 e. The Morgan fingerprint density at radius 3 is 2.23 bits per heavy atom. The largest absolute Gasteiger partial charge is 0.490 e. The minimum absolute atomic E-state index is 0.00219. The third kappa shape index (κ3) is 5.93. The number of alkyl halides is 3. The Morgan fingerprint density at radius 2 is 1.77 bits per heavy atom. The number of nitrogens with zero attached hydrogens (tertiary/aromatic N) is 3. The fourth-order valence-electron chi connectivity index (χ4n) is 2.39. The van der Waals surface area contributed by atoms with Crippen LogP contribution in [0.2, 0.25) is 0 Å². The molecule has 0 spiro atoms. The van der Waals surface area contributed by atoms with Gasteiger partial charge in [-0.2, -0.15) is 18.3 Å². The van der Waals surface area contributed by atoms with Gasteiger partial charge in [-0.3, -0.25) is 0 Å². The van der Waals surface area contributed by atoms with Crippen molar-refractivity contribution < 1.29 is 23.1 Å². The second kappa shape index (κ2) is 8.70. The van der Waals surface area contributed by atoms with E-state index < -0.39 is 12.1 Å². The predicted molar refractivity (Wildman–Crippen MR) is 108 cm³/mol. The molecule has 0 saturated heterocycles. The summed E-state index contributed by atoms with van der Waals surface area (Å²) in [5.74, 6) is -1.96. The van der Waals surface area contributed by atoms with E-state index >= 15 is 0 Å². The minimum atomic E-state index is -5.08. The van der Waals surface area contributed by atoms with E-state index in [1.807, 2.05) is 41.9 Å². The number of anilines is 2. The highest BCUT2D eigenvalue weighted by atomic mass is 19.4. The SMILES string of the molecule is CC(N)c1ccc(Nc2nccn3nc(C(C)(C)C)cc23)cc1.O=C(O)C(F)(F)F. The maximum absolute atomic E-state index is 10.6. The summed E-state index contributed by atoms with van der Waals surface area (Å²) in [5, 5.41) is 15.1. The number of hydrogen-bond acceptors (Lipinski definition) is 5. The molecule has 0 aliphatic heterocycles. The smallest absolute Gasteiger partial charge is 0.475 e. The first-order chi connectivity index (χ1) is 13.8. The zero-order chi connectivity index (χ0) is 22.7. The molecule has 0 saturated carbocycles. The van der Waals surface area contributed by atoms with E-state index in [-0.39, 0.29) is 11.5 Å². The Hall–Kier alpha value is -3.14. The van der Waals surface area contributed by atoms with Crippen molar-refractivity contribution in [1.82, 2.24) is 14.6 Å². The molecule has 7 nitrogen and oxygen atoms in total. The van der Waals surface area contributed by atoms with Gasteiger partial charge in [-0.15, -0.1) is 0 Å². The van der Waals surface area contributed by atoms with Gasteiger partial charge in [-0.25, -0.2) is 14.3 Å². The van der Waals surface area contributed by atoms with Crippen molar-refractivity contribution >= 4 is 23.0 Å². The molecule has 2 heterocycles. The highest BCUT2D eigenvalue weighted by Crippen LogP contribution is 2.26. The average Bonchev–Trinajstić information content (AvgIpc) is 3.08. The van der Waals surface area contributed by atoms with E-state index in [9.17, 15) is 13.2 Å². The van der Waals surface area contributed by atoms with Gasteiger partial charge in [-0.1, -0.05) is 32.9 Å². The third-order valence-corrected chi connectivity index (χ3v) is 4.10. The first kappa shape index (κ1) is 23.1. The van der Waals surface area contributed by atoms with E-state index in [0.29, 0.717) is 0 Å². The number of nitrogens with two attached hydrogens (primary N) is 1. The number of aliphatic carboxylic acids is 1. The van der Waals surface area contributed by atoms with Crippen LogP contribution in [0.3, 0.4) is 0 Å². The lowest BCUT2D eigenvalue weighted by Crippen LogP contribution is -2.21. The lowest BCUT2D eigenvalue weighted by atomic mass is 9.92. The molecule has 0 radical (unpaired) electrons. The fourth-order valence-corrected chi connectivity index (χ4v) is 2.39. The van der Waals surface area contributed by atoms with Crippen LogP contribution in [-0.2, 0) is 10.2 Å².